The van der Waals surface area contributed by atoms with Crippen LogP contribution in [0, 0.1) is 17.6 Å². The van der Waals surface area contributed by atoms with Crippen molar-refractivity contribution < 1.29 is 18.3 Å². The third-order valence-corrected chi connectivity index (χ3v) is 6.24. The van der Waals surface area contributed by atoms with Crippen molar-refractivity contribution in [2.45, 2.75) is 31.2 Å². The Morgan fingerprint density at radius 3 is 2.45 bits per heavy atom. The topological polar surface area (TPSA) is 53.6 Å². The molecule has 2 atom stereocenters. The molecule has 0 bridgehead atoms. The number of hydrogen-bond acceptors (Lipinski definition) is 3. The molecule has 166 valence electrons. The van der Waals surface area contributed by atoms with E-state index in [4.69, 9.17) is 16.3 Å². The lowest BCUT2D eigenvalue weighted by molar-refractivity contribution is 0.165. The lowest BCUT2D eigenvalue weighted by atomic mass is 9.85. The lowest BCUT2D eigenvalue weighted by Crippen LogP contribution is -2.51. The number of piperidine rings is 1. The molecule has 5 nitrogen and oxygen atoms in total. The predicted octanol–water partition coefficient (Wildman–Crippen LogP) is 5.02. The van der Waals surface area contributed by atoms with Gasteiger partial charge in [0.05, 0.1) is 7.11 Å². The highest BCUT2D eigenvalue weighted by molar-refractivity contribution is 6.30. The maximum absolute atomic E-state index is 14.9. The number of hydrogen-bond donors (Lipinski definition) is 2. The summed E-state index contributed by atoms with van der Waals surface area (Å²) in [7, 11) is 1.37. The molecule has 1 unspecified atom stereocenters. The number of nitrogens with one attached hydrogen (secondary N) is 2. The highest BCUT2D eigenvalue weighted by atomic mass is 35.5. The van der Waals surface area contributed by atoms with Crippen LogP contribution in [-0.2, 0) is 0 Å². The molecular formula is C23H26ClF2N3O2. The fourth-order valence-corrected chi connectivity index (χ4v) is 4.34. The first-order valence-electron chi connectivity index (χ1n) is 10.5. The van der Waals surface area contributed by atoms with E-state index < -0.39 is 29.6 Å². The molecule has 0 aromatic heterocycles. The van der Waals surface area contributed by atoms with Crippen molar-refractivity contribution in [1.82, 2.24) is 10.2 Å². The van der Waals surface area contributed by atoms with Crippen molar-refractivity contribution in [2.24, 2.45) is 5.92 Å². The Hall–Kier alpha value is -2.38. The smallest absolute Gasteiger partial charge is 0.319 e. The normalized spacial score (nSPS) is 21.5. The summed E-state index contributed by atoms with van der Waals surface area (Å²) in [5, 5.41) is 6.26. The van der Waals surface area contributed by atoms with Gasteiger partial charge >= 0.3 is 6.03 Å². The molecule has 2 aromatic carbocycles. The number of anilines is 1. The summed E-state index contributed by atoms with van der Waals surface area (Å²) >= 11 is 5.88. The number of ether oxygens (including phenoxy) is 1. The molecule has 1 aliphatic carbocycles. The van der Waals surface area contributed by atoms with Gasteiger partial charge in [-0.15, -0.1) is 0 Å². The fraction of sp³-hybridized carbons (Fsp3) is 0.435. The van der Waals surface area contributed by atoms with Gasteiger partial charge in [0, 0.05) is 60.0 Å². The molecule has 1 heterocycles. The second-order valence-corrected chi connectivity index (χ2v) is 8.75. The summed E-state index contributed by atoms with van der Waals surface area (Å²) in [6.45, 7) is 2.19. The zero-order valence-electron chi connectivity index (χ0n) is 17.3. The second-order valence-electron chi connectivity index (χ2n) is 8.31. The second kappa shape index (κ2) is 9.40. The van der Waals surface area contributed by atoms with Crippen LogP contribution in [0.1, 0.15) is 30.7 Å². The first-order valence-corrected chi connectivity index (χ1v) is 10.9. The van der Waals surface area contributed by atoms with E-state index in [-0.39, 0.29) is 11.3 Å². The number of rotatable bonds is 6. The molecule has 0 radical (unpaired) electrons. The Labute approximate surface area is 185 Å². The number of nitrogens with zero attached hydrogens (tertiary/aromatic N) is 1. The van der Waals surface area contributed by atoms with Crippen LogP contribution < -0.4 is 15.4 Å². The minimum absolute atomic E-state index is 0.00177. The minimum atomic E-state index is -0.653. The maximum atomic E-state index is 14.9. The number of carbonyl (C=O) groups excluding carboxylic acids is 1. The van der Waals surface area contributed by atoms with Crippen LogP contribution in [0.5, 0.6) is 5.75 Å². The Bertz CT molecular complexity index is 914. The van der Waals surface area contributed by atoms with Crippen molar-refractivity contribution in [2.75, 3.05) is 32.1 Å². The average Bonchev–Trinajstić information content (AvgIpc) is 3.55. The molecule has 0 spiro atoms. The van der Waals surface area contributed by atoms with Gasteiger partial charge in [0.2, 0.25) is 0 Å². The fourth-order valence-electron chi connectivity index (χ4n) is 4.22. The third kappa shape index (κ3) is 5.46. The number of likely N-dealkylation sites (tertiary alicyclic amines) is 1. The maximum Gasteiger partial charge on any atom is 0.319 e. The Kier molecular flexibility index (Phi) is 6.62. The summed E-state index contributed by atoms with van der Waals surface area (Å²) in [4.78, 5) is 14.9. The van der Waals surface area contributed by atoms with Crippen LogP contribution >= 0.6 is 11.6 Å². The molecule has 2 amide bonds. The predicted molar refractivity (Wildman–Crippen MR) is 117 cm³/mol. The average molecular weight is 450 g/mol. The standard InChI is InChI=1S/C23H26ClF2N3O2/c1-31-17-10-19(25)22(20(26)11-17)18-13-29(12-14-2-3-14)9-8-21(18)28-23(30)27-16-6-4-15(24)5-7-16/h4-7,10-11,14,18,21H,2-3,8-9,12-13H2,1H3,(H2,27,28,30)/t18?,21-/m1/s1. The van der Waals surface area contributed by atoms with E-state index in [9.17, 15) is 13.6 Å². The van der Waals surface area contributed by atoms with Crippen LogP contribution in [0.25, 0.3) is 0 Å². The minimum Gasteiger partial charge on any atom is -0.497 e. The van der Waals surface area contributed by atoms with Gasteiger partial charge in [0.15, 0.2) is 0 Å². The van der Waals surface area contributed by atoms with Gasteiger partial charge in [-0.2, -0.15) is 0 Å². The zero-order valence-corrected chi connectivity index (χ0v) is 18.1. The molecule has 8 heteroatoms. The van der Waals surface area contributed by atoms with Crippen LogP contribution in [0.4, 0.5) is 19.3 Å². The van der Waals surface area contributed by atoms with Crippen LogP contribution in [-0.4, -0.2) is 43.7 Å². The number of benzene rings is 2. The molecular weight excluding hydrogens is 424 g/mol. The van der Waals surface area contributed by atoms with Gasteiger partial charge in [-0.25, -0.2) is 13.6 Å². The van der Waals surface area contributed by atoms with E-state index in [1.807, 2.05) is 0 Å². The van der Waals surface area contributed by atoms with Gasteiger partial charge in [-0.1, -0.05) is 11.6 Å². The van der Waals surface area contributed by atoms with E-state index in [1.54, 1.807) is 24.3 Å². The highest BCUT2D eigenvalue weighted by Crippen LogP contribution is 2.36. The van der Waals surface area contributed by atoms with Gasteiger partial charge in [0.25, 0.3) is 0 Å². The molecule has 2 aliphatic rings. The summed E-state index contributed by atoms with van der Waals surface area (Å²) in [6.07, 6.45) is 3.02. The first kappa shape index (κ1) is 21.8. The summed E-state index contributed by atoms with van der Waals surface area (Å²) in [5.74, 6) is -1.01. The molecule has 2 N–H and O–H groups in total. The summed E-state index contributed by atoms with van der Waals surface area (Å²) in [6, 6.07) is 8.33. The van der Waals surface area contributed by atoms with E-state index >= 15 is 0 Å². The molecule has 2 fully saturated rings. The molecule has 1 saturated heterocycles. The SMILES string of the molecule is COc1cc(F)c(C2CN(CC3CC3)CC[C@H]2NC(=O)Nc2ccc(Cl)cc2)c(F)c1. The number of urea groups is 1. The van der Waals surface area contributed by atoms with Gasteiger partial charge in [0.1, 0.15) is 17.4 Å². The van der Waals surface area contributed by atoms with Crippen molar-refractivity contribution in [3.63, 3.8) is 0 Å². The number of amides is 2. The van der Waals surface area contributed by atoms with E-state index in [1.165, 1.54) is 32.1 Å². The van der Waals surface area contributed by atoms with Crippen molar-refractivity contribution in [1.29, 1.82) is 0 Å². The van der Waals surface area contributed by atoms with Gasteiger partial charge in [-0.3, -0.25) is 0 Å². The van der Waals surface area contributed by atoms with E-state index in [2.05, 4.69) is 15.5 Å². The van der Waals surface area contributed by atoms with Crippen molar-refractivity contribution in [3.8, 4) is 5.75 Å². The molecule has 4 rings (SSSR count). The van der Waals surface area contributed by atoms with Gasteiger partial charge < -0.3 is 20.3 Å². The Morgan fingerprint density at radius 2 is 1.84 bits per heavy atom. The Balaban J connectivity index is 1.53. The number of methoxy groups -OCH3 is 1. The number of carbonyl (C=O) groups is 1. The number of halogens is 3. The largest absolute Gasteiger partial charge is 0.497 e. The molecule has 2 aromatic rings. The van der Waals surface area contributed by atoms with E-state index in [0.717, 1.165) is 13.1 Å². The first-order chi connectivity index (χ1) is 14.9. The van der Waals surface area contributed by atoms with E-state index in [0.29, 0.717) is 29.6 Å². The van der Waals surface area contributed by atoms with Crippen molar-refractivity contribution in [3.05, 3.63) is 58.6 Å². The summed E-state index contributed by atoms with van der Waals surface area (Å²) in [5.41, 5.74) is 0.588. The Morgan fingerprint density at radius 1 is 1.16 bits per heavy atom. The zero-order chi connectivity index (χ0) is 22.0. The summed E-state index contributed by atoms with van der Waals surface area (Å²) < 4.78 is 34.8. The monoisotopic (exact) mass is 449 g/mol. The highest BCUT2D eigenvalue weighted by Gasteiger charge is 2.37. The van der Waals surface area contributed by atoms with Crippen molar-refractivity contribution >= 4 is 23.3 Å². The molecule has 1 aliphatic heterocycles. The lowest BCUT2D eigenvalue weighted by Gasteiger charge is -2.39. The quantitative estimate of drug-likeness (QED) is 0.651. The van der Waals surface area contributed by atoms with Crippen LogP contribution in [0.3, 0.4) is 0 Å². The molecule has 1 saturated carbocycles. The molecule has 31 heavy (non-hydrogen) atoms. The van der Waals surface area contributed by atoms with Gasteiger partial charge in [-0.05, 0) is 49.4 Å². The van der Waals surface area contributed by atoms with Crippen LogP contribution in [0.15, 0.2) is 36.4 Å². The third-order valence-electron chi connectivity index (χ3n) is 5.99. The van der Waals surface area contributed by atoms with Crippen LogP contribution in [0.2, 0.25) is 5.02 Å².